The summed E-state index contributed by atoms with van der Waals surface area (Å²) in [6.45, 7) is 2.82. The monoisotopic (exact) mass is 961 g/mol. The fourth-order valence-electron chi connectivity index (χ4n) is 10.5. The van der Waals surface area contributed by atoms with Gasteiger partial charge in [-0.2, -0.15) is 0 Å². The first-order chi connectivity index (χ1) is 34.5. The number of carbonyl (C=O) groups is 6. The van der Waals surface area contributed by atoms with Crippen molar-refractivity contribution in [2.24, 2.45) is 0 Å². The number of aromatic nitrogens is 1. The molecule has 5 aromatic carbocycles. The number of nitrogens with one attached hydrogen (secondary N) is 4. The molecule has 6 amide bonds. The first-order valence-electron chi connectivity index (χ1n) is 25.0. The molecule has 71 heavy (non-hydrogen) atoms. The normalized spacial score (nSPS) is 16.9. The lowest BCUT2D eigenvalue weighted by Gasteiger charge is -2.28. The predicted molar refractivity (Wildman–Crippen MR) is 274 cm³/mol. The van der Waals surface area contributed by atoms with Crippen LogP contribution in [0.1, 0.15) is 119 Å². The van der Waals surface area contributed by atoms with Crippen molar-refractivity contribution >= 4 is 69.0 Å². The van der Waals surface area contributed by atoms with Crippen LogP contribution in [0.15, 0.2) is 127 Å². The molecule has 0 aliphatic carbocycles. The van der Waals surface area contributed by atoms with Crippen LogP contribution in [-0.4, -0.2) is 85.6 Å². The Bertz CT molecular complexity index is 2680. The van der Waals surface area contributed by atoms with Crippen LogP contribution in [0.25, 0.3) is 21.8 Å². The van der Waals surface area contributed by atoms with Crippen molar-refractivity contribution in [1.29, 1.82) is 0 Å². The maximum atomic E-state index is 14.3. The summed E-state index contributed by atoms with van der Waals surface area (Å²) in [4.78, 5) is 83.2. The lowest BCUT2D eigenvalue weighted by atomic mass is 9.98. The summed E-state index contributed by atoms with van der Waals surface area (Å²) < 4.78 is 2.29. The van der Waals surface area contributed by atoms with E-state index in [1.165, 1.54) is 35.5 Å². The molecule has 370 valence electrons. The van der Waals surface area contributed by atoms with E-state index in [9.17, 15) is 39.0 Å². The summed E-state index contributed by atoms with van der Waals surface area (Å²) in [5.41, 5.74) is 4.84. The van der Waals surface area contributed by atoms with E-state index in [1.807, 2.05) is 54.6 Å². The Balaban J connectivity index is 1.12. The molecule has 6 aromatic rings. The van der Waals surface area contributed by atoms with Crippen molar-refractivity contribution in [3.05, 3.63) is 144 Å². The third kappa shape index (κ3) is 11.7. The van der Waals surface area contributed by atoms with E-state index >= 15 is 0 Å². The number of carbonyl (C=O) groups excluding carboxylic acids is 4. The van der Waals surface area contributed by atoms with E-state index in [1.54, 1.807) is 60.7 Å². The van der Waals surface area contributed by atoms with Crippen LogP contribution >= 0.6 is 0 Å². The van der Waals surface area contributed by atoms with E-state index in [2.05, 4.69) is 44.9 Å². The third-order valence-corrected chi connectivity index (χ3v) is 13.9. The van der Waals surface area contributed by atoms with Gasteiger partial charge in [0, 0.05) is 35.2 Å². The van der Waals surface area contributed by atoms with E-state index < -0.39 is 48.2 Å². The molecule has 1 aromatic heterocycles. The molecule has 0 bridgehead atoms. The standard InChI is InChI=1S/C56H63N7O8/c1-2-3-4-5-6-7-17-26-44(37-20-11-8-12-21-37)63-47-35-40(57-51(64)45-27-18-33-61(45)53(66)49(59-55(68)69)38-22-13-9-14-23-38)29-31-42(47)43-32-30-41(36-48(43)63)58-52(65)46-28-19-34-62(46)54(67)50(60-56(70)71)39-24-15-10-16-25-39/h8-16,20-25,29-32,35-36,44-46,49-50,59-60H,2-7,17-19,26-28,33-34H2,1H3,(H,57,64)(H,58,65)(H,68,69)(H,70,71)/t44?,45-,46-,49?,50?/m0/s1. The van der Waals surface area contributed by atoms with Gasteiger partial charge >= 0.3 is 12.2 Å². The van der Waals surface area contributed by atoms with Gasteiger partial charge in [-0.3, -0.25) is 19.2 Å². The number of benzene rings is 5. The van der Waals surface area contributed by atoms with Gasteiger partial charge in [0.25, 0.3) is 11.8 Å². The van der Waals surface area contributed by atoms with Crippen LogP contribution in [0, 0.1) is 0 Å². The number of fused-ring (bicyclic) bond motifs is 3. The van der Waals surface area contributed by atoms with Crippen LogP contribution in [0.5, 0.6) is 0 Å². The Morgan fingerprint density at radius 1 is 0.535 bits per heavy atom. The molecule has 15 heteroatoms. The quantitative estimate of drug-likeness (QED) is 0.0406. The molecule has 15 nitrogen and oxygen atoms in total. The van der Waals surface area contributed by atoms with Crippen LogP contribution < -0.4 is 21.3 Å². The van der Waals surface area contributed by atoms with E-state index in [-0.39, 0.29) is 17.9 Å². The number of nitrogens with zero attached hydrogens (tertiary/aromatic N) is 3. The van der Waals surface area contributed by atoms with Gasteiger partial charge in [0.15, 0.2) is 0 Å². The molecular weight excluding hydrogens is 899 g/mol. The largest absolute Gasteiger partial charge is 0.465 e. The zero-order valence-electron chi connectivity index (χ0n) is 40.1. The highest BCUT2D eigenvalue weighted by Crippen LogP contribution is 2.39. The molecule has 8 rings (SSSR count). The Labute approximate surface area is 413 Å². The second-order valence-corrected chi connectivity index (χ2v) is 18.6. The topological polar surface area (TPSA) is 202 Å². The summed E-state index contributed by atoms with van der Waals surface area (Å²) in [7, 11) is 0. The predicted octanol–water partition coefficient (Wildman–Crippen LogP) is 10.4. The number of hydrogen-bond acceptors (Lipinski definition) is 6. The number of anilines is 2. The van der Waals surface area contributed by atoms with Gasteiger partial charge in [-0.25, -0.2) is 9.59 Å². The zero-order chi connectivity index (χ0) is 49.9. The second-order valence-electron chi connectivity index (χ2n) is 18.6. The highest BCUT2D eigenvalue weighted by atomic mass is 16.4. The lowest BCUT2D eigenvalue weighted by Crippen LogP contribution is -2.48. The van der Waals surface area contributed by atoms with Gasteiger partial charge in [0.05, 0.1) is 17.1 Å². The van der Waals surface area contributed by atoms with Crippen molar-refractivity contribution in [1.82, 2.24) is 25.0 Å². The third-order valence-electron chi connectivity index (χ3n) is 13.9. The van der Waals surface area contributed by atoms with E-state index in [0.717, 1.165) is 53.1 Å². The second kappa shape index (κ2) is 23.3. The average Bonchev–Trinajstić information content (AvgIpc) is 4.15. The van der Waals surface area contributed by atoms with Gasteiger partial charge in [-0.1, -0.05) is 155 Å². The molecule has 6 N–H and O–H groups in total. The fraction of sp³-hybridized carbons (Fsp3) is 0.357. The maximum absolute atomic E-state index is 14.3. The van der Waals surface area contributed by atoms with E-state index in [4.69, 9.17) is 0 Å². The minimum atomic E-state index is -1.34. The van der Waals surface area contributed by atoms with Crippen LogP contribution in [0.3, 0.4) is 0 Å². The molecule has 5 atom stereocenters. The first-order valence-corrected chi connectivity index (χ1v) is 25.0. The summed E-state index contributed by atoms with van der Waals surface area (Å²) in [6.07, 6.45) is 8.10. The molecule has 3 heterocycles. The van der Waals surface area contributed by atoms with Crippen molar-refractivity contribution in [2.75, 3.05) is 23.7 Å². The molecule has 0 spiro atoms. The van der Waals surface area contributed by atoms with Crippen LogP contribution in [-0.2, 0) is 19.2 Å². The SMILES string of the molecule is CCCCCCCCCC(c1ccccc1)n1c2cc(NC(=O)[C@@H]3CCCN3C(=O)C(NC(=O)O)c3ccccc3)ccc2c2ccc(NC(=O)[C@@H]3CCCN3C(=O)C(NC(=O)O)c3ccccc3)cc21. The molecule has 2 aliphatic heterocycles. The van der Waals surface area contributed by atoms with Gasteiger partial charge < -0.3 is 45.8 Å². The Morgan fingerprint density at radius 3 is 1.37 bits per heavy atom. The molecule has 0 radical (unpaired) electrons. The smallest absolute Gasteiger partial charge is 0.405 e. The maximum Gasteiger partial charge on any atom is 0.405 e. The first kappa shape index (κ1) is 49.7. The summed E-state index contributed by atoms with van der Waals surface area (Å²) in [5, 5.41) is 32.1. The molecule has 2 saturated heterocycles. The Kier molecular flexibility index (Phi) is 16.3. The van der Waals surface area contributed by atoms with Gasteiger partial charge in [0.1, 0.15) is 24.2 Å². The number of hydrogen-bond donors (Lipinski definition) is 6. The van der Waals surface area contributed by atoms with Gasteiger partial charge in [0.2, 0.25) is 11.8 Å². The van der Waals surface area contributed by atoms with Crippen molar-refractivity contribution in [3.63, 3.8) is 0 Å². The zero-order valence-corrected chi connectivity index (χ0v) is 40.1. The van der Waals surface area contributed by atoms with Crippen molar-refractivity contribution in [2.45, 2.75) is 114 Å². The van der Waals surface area contributed by atoms with Crippen LogP contribution in [0.4, 0.5) is 21.0 Å². The summed E-state index contributed by atoms with van der Waals surface area (Å²) >= 11 is 0. The molecule has 3 unspecified atom stereocenters. The Hall–Kier alpha value is -7.68. The number of carboxylic acid groups (broad SMARTS) is 2. The summed E-state index contributed by atoms with van der Waals surface area (Å²) in [5.74, 6) is -1.74. The van der Waals surface area contributed by atoms with E-state index in [0.29, 0.717) is 61.3 Å². The Morgan fingerprint density at radius 2 is 0.944 bits per heavy atom. The number of unbranched alkanes of at least 4 members (excludes halogenated alkanes) is 6. The fourth-order valence-corrected chi connectivity index (χ4v) is 10.5. The van der Waals surface area contributed by atoms with Crippen LogP contribution in [0.2, 0.25) is 0 Å². The van der Waals surface area contributed by atoms with Crippen molar-refractivity contribution in [3.8, 4) is 0 Å². The number of amides is 6. The average molecular weight is 962 g/mol. The van der Waals surface area contributed by atoms with Gasteiger partial charge in [-0.15, -0.1) is 0 Å². The highest BCUT2D eigenvalue weighted by molar-refractivity contribution is 6.11. The molecule has 2 fully saturated rings. The molecular formula is C56H63N7O8. The highest BCUT2D eigenvalue weighted by Gasteiger charge is 2.40. The number of likely N-dealkylation sites (tertiary alicyclic amines) is 2. The van der Waals surface area contributed by atoms with Crippen molar-refractivity contribution < 1.29 is 39.0 Å². The number of rotatable bonds is 20. The molecule has 0 saturated carbocycles. The lowest BCUT2D eigenvalue weighted by molar-refractivity contribution is -0.138. The summed E-state index contributed by atoms with van der Waals surface area (Å²) in [6, 6.07) is 35.0. The molecule has 2 aliphatic rings. The minimum absolute atomic E-state index is 0.136. The van der Waals surface area contributed by atoms with Gasteiger partial charge in [-0.05, 0) is 73.1 Å². The minimum Gasteiger partial charge on any atom is -0.465 e.